The molecule has 6 nitrogen and oxygen atoms in total. The molecule has 0 fully saturated rings. The first kappa shape index (κ1) is 19.1. The number of nitrogens with one attached hydrogen (secondary N) is 1. The predicted molar refractivity (Wildman–Crippen MR) is 111 cm³/mol. The summed E-state index contributed by atoms with van der Waals surface area (Å²) in [4.78, 5) is 12.0. The van der Waals surface area contributed by atoms with Crippen molar-refractivity contribution in [1.82, 2.24) is 15.0 Å². The molecule has 0 aliphatic rings. The summed E-state index contributed by atoms with van der Waals surface area (Å²) in [6, 6.07) is 14.4. The second-order valence-electron chi connectivity index (χ2n) is 6.60. The third-order valence-electron chi connectivity index (χ3n) is 4.42. The van der Waals surface area contributed by atoms with Crippen molar-refractivity contribution in [2.75, 3.05) is 6.61 Å². The Morgan fingerprint density at radius 2 is 1.93 bits per heavy atom. The van der Waals surface area contributed by atoms with E-state index in [4.69, 9.17) is 20.8 Å². The van der Waals surface area contributed by atoms with Gasteiger partial charge in [-0.2, -0.15) is 0 Å². The van der Waals surface area contributed by atoms with Gasteiger partial charge in [-0.05, 0) is 37.6 Å². The van der Waals surface area contributed by atoms with E-state index in [0.29, 0.717) is 36.1 Å². The van der Waals surface area contributed by atoms with Gasteiger partial charge in [0, 0.05) is 17.0 Å². The van der Waals surface area contributed by atoms with Crippen LogP contribution in [0.5, 0.6) is 11.5 Å². The molecule has 0 amide bonds. The SMILES string of the molecule is Cc1ncc(-c2nc(-c3ccc(Cl)cc3)c(CCCOc3ccccc3O)o2)[nH]1. The molecule has 0 saturated heterocycles. The highest BCUT2D eigenvalue weighted by atomic mass is 35.5. The minimum absolute atomic E-state index is 0.130. The van der Waals surface area contributed by atoms with Crippen LogP contribution in [0.1, 0.15) is 18.0 Å². The number of halogens is 1. The number of oxazole rings is 1. The topological polar surface area (TPSA) is 84.2 Å². The lowest BCUT2D eigenvalue weighted by Gasteiger charge is -2.07. The van der Waals surface area contributed by atoms with Crippen LogP contribution in [0.4, 0.5) is 0 Å². The fourth-order valence-corrected chi connectivity index (χ4v) is 3.12. The number of aryl methyl sites for hydroxylation is 2. The maximum Gasteiger partial charge on any atom is 0.245 e. The molecule has 4 rings (SSSR count). The molecule has 0 atom stereocenters. The van der Waals surface area contributed by atoms with Gasteiger partial charge < -0.3 is 19.2 Å². The second-order valence-corrected chi connectivity index (χ2v) is 7.04. The van der Waals surface area contributed by atoms with E-state index in [2.05, 4.69) is 15.0 Å². The lowest BCUT2D eigenvalue weighted by molar-refractivity contribution is 0.291. The van der Waals surface area contributed by atoms with E-state index in [1.165, 1.54) is 0 Å². The van der Waals surface area contributed by atoms with Crippen molar-refractivity contribution in [3.63, 3.8) is 0 Å². The van der Waals surface area contributed by atoms with E-state index in [-0.39, 0.29) is 5.75 Å². The Morgan fingerprint density at radius 1 is 1.14 bits per heavy atom. The molecule has 0 spiro atoms. The zero-order valence-electron chi connectivity index (χ0n) is 15.9. The third-order valence-corrected chi connectivity index (χ3v) is 4.67. The van der Waals surface area contributed by atoms with Gasteiger partial charge in [-0.3, -0.25) is 0 Å². The summed E-state index contributed by atoms with van der Waals surface area (Å²) in [6.07, 6.45) is 3.04. The number of hydrogen-bond donors (Lipinski definition) is 2. The zero-order valence-corrected chi connectivity index (χ0v) is 16.6. The fourth-order valence-electron chi connectivity index (χ4n) is 2.99. The van der Waals surface area contributed by atoms with Crippen LogP contribution in [0, 0.1) is 6.92 Å². The average molecular weight is 410 g/mol. The number of phenols is 1. The highest BCUT2D eigenvalue weighted by Gasteiger charge is 2.17. The van der Waals surface area contributed by atoms with E-state index in [9.17, 15) is 5.11 Å². The summed E-state index contributed by atoms with van der Waals surface area (Å²) in [5.74, 6) is 2.65. The van der Waals surface area contributed by atoms with Crippen LogP contribution < -0.4 is 4.74 Å². The number of nitrogens with zero attached hydrogens (tertiary/aromatic N) is 2. The zero-order chi connectivity index (χ0) is 20.2. The van der Waals surface area contributed by atoms with Crippen molar-refractivity contribution < 1.29 is 14.3 Å². The van der Waals surface area contributed by atoms with Crippen LogP contribution in [-0.4, -0.2) is 26.7 Å². The van der Waals surface area contributed by atoms with E-state index in [1.54, 1.807) is 24.4 Å². The number of imidazole rings is 1. The lowest BCUT2D eigenvalue weighted by atomic mass is 10.1. The minimum Gasteiger partial charge on any atom is -0.504 e. The van der Waals surface area contributed by atoms with Gasteiger partial charge in [0.05, 0.1) is 12.8 Å². The van der Waals surface area contributed by atoms with Crippen molar-refractivity contribution >= 4 is 11.6 Å². The van der Waals surface area contributed by atoms with Gasteiger partial charge in [-0.1, -0.05) is 35.9 Å². The number of rotatable bonds is 7. The molecular formula is C22H20ClN3O3. The molecule has 0 aliphatic heterocycles. The molecule has 2 N–H and O–H groups in total. The third kappa shape index (κ3) is 4.43. The smallest absolute Gasteiger partial charge is 0.245 e. The highest BCUT2D eigenvalue weighted by Crippen LogP contribution is 2.30. The molecular weight excluding hydrogens is 390 g/mol. The van der Waals surface area contributed by atoms with E-state index in [1.807, 2.05) is 37.3 Å². The molecule has 0 saturated carbocycles. The number of hydrogen-bond acceptors (Lipinski definition) is 5. The predicted octanol–water partition coefficient (Wildman–Crippen LogP) is 5.41. The summed E-state index contributed by atoms with van der Waals surface area (Å²) in [5.41, 5.74) is 2.43. The number of H-pyrrole nitrogens is 1. The Morgan fingerprint density at radius 3 is 2.66 bits per heavy atom. The van der Waals surface area contributed by atoms with Crippen molar-refractivity contribution in [3.8, 4) is 34.3 Å². The lowest BCUT2D eigenvalue weighted by Crippen LogP contribution is -2.00. The van der Waals surface area contributed by atoms with Gasteiger partial charge in [-0.15, -0.1) is 0 Å². The number of aromatic hydroxyl groups is 1. The Balaban J connectivity index is 1.53. The molecule has 29 heavy (non-hydrogen) atoms. The van der Waals surface area contributed by atoms with Gasteiger partial charge in [0.25, 0.3) is 0 Å². The first-order chi connectivity index (χ1) is 14.1. The Kier molecular flexibility index (Phi) is 5.53. The van der Waals surface area contributed by atoms with Crippen LogP contribution in [-0.2, 0) is 6.42 Å². The van der Waals surface area contributed by atoms with Crippen molar-refractivity contribution in [2.45, 2.75) is 19.8 Å². The fraction of sp³-hybridized carbons (Fsp3) is 0.182. The van der Waals surface area contributed by atoms with Crippen molar-refractivity contribution in [3.05, 3.63) is 71.3 Å². The Bertz CT molecular complexity index is 1100. The molecule has 0 aliphatic carbocycles. The number of para-hydroxylation sites is 2. The number of ether oxygens (including phenoxy) is 1. The van der Waals surface area contributed by atoms with Gasteiger partial charge in [0.1, 0.15) is 23.0 Å². The highest BCUT2D eigenvalue weighted by molar-refractivity contribution is 6.30. The molecule has 0 bridgehead atoms. The quantitative estimate of drug-likeness (QED) is 0.398. The average Bonchev–Trinajstić information content (AvgIpc) is 3.33. The number of aromatic nitrogens is 3. The molecule has 2 aromatic carbocycles. The molecule has 7 heteroatoms. The van der Waals surface area contributed by atoms with Gasteiger partial charge in [0.15, 0.2) is 11.5 Å². The summed E-state index contributed by atoms with van der Waals surface area (Å²) >= 11 is 6.02. The summed E-state index contributed by atoms with van der Waals surface area (Å²) in [5, 5.41) is 10.5. The number of aromatic amines is 1. The van der Waals surface area contributed by atoms with Crippen LogP contribution >= 0.6 is 11.6 Å². The first-order valence-electron chi connectivity index (χ1n) is 9.28. The maximum absolute atomic E-state index is 9.80. The molecule has 4 aromatic rings. The first-order valence-corrected chi connectivity index (χ1v) is 9.66. The van der Waals surface area contributed by atoms with Gasteiger partial charge in [0.2, 0.25) is 5.89 Å². The normalized spacial score (nSPS) is 11.0. The molecule has 2 aromatic heterocycles. The molecule has 2 heterocycles. The molecule has 0 unspecified atom stereocenters. The molecule has 0 radical (unpaired) electrons. The van der Waals surface area contributed by atoms with Crippen LogP contribution in [0.2, 0.25) is 5.02 Å². The molecule has 148 valence electrons. The van der Waals surface area contributed by atoms with Crippen molar-refractivity contribution in [1.29, 1.82) is 0 Å². The summed E-state index contributed by atoms with van der Waals surface area (Å²) in [7, 11) is 0. The van der Waals surface area contributed by atoms with E-state index >= 15 is 0 Å². The van der Waals surface area contributed by atoms with E-state index in [0.717, 1.165) is 28.5 Å². The largest absolute Gasteiger partial charge is 0.504 e. The standard InChI is InChI=1S/C22H20ClN3O3/c1-14-24-13-17(25-14)22-26-21(15-8-10-16(23)11-9-15)20(29-22)7-4-12-28-19-6-3-2-5-18(19)27/h2-3,5-6,8-11,13,27H,4,7,12H2,1H3,(H,24,25). The van der Waals surface area contributed by atoms with Gasteiger partial charge >= 0.3 is 0 Å². The van der Waals surface area contributed by atoms with Crippen molar-refractivity contribution in [2.24, 2.45) is 0 Å². The van der Waals surface area contributed by atoms with Crippen LogP contribution in [0.25, 0.3) is 22.8 Å². The second kappa shape index (κ2) is 8.41. The monoisotopic (exact) mass is 409 g/mol. The maximum atomic E-state index is 9.80. The minimum atomic E-state index is 0.130. The summed E-state index contributed by atoms with van der Waals surface area (Å²) in [6.45, 7) is 2.32. The van der Waals surface area contributed by atoms with Gasteiger partial charge in [-0.25, -0.2) is 9.97 Å². The van der Waals surface area contributed by atoms with Crippen LogP contribution in [0.3, 0.4) is 0 Å². The van der Waals surface area contributed by atoms with E-state index < -0.39 is 0 Å². The Labute approximate surface area is 173 Å². The van der Waals surface area contributed by atoms with Crippen LogP contribution in [0.15, 0.2) is 59.1 Å². The number of benzene rings is 2. The summed E-state index contributed by atoms with van der Waals surface area (Å²) < 4.78 is 11.7. The number of phenolic OH excluding ortho intramolecular Hbond substituents is 1. The Hall–Kier alpha value is -3.25.